The van der Waals surface area contributed by atoms with Gasteiger partial charge in [-0.15, -0.1) is 0 Å². The van der Waals surface area contributed by atoms with Gasteiger partial charge in [-0.1, -0.05) is 23.7 Å². The molecule has 200 valence electrons. The number of halogens is 1. The first-order chi connectivity index (χ1) is 18.4. The molecule has 2 amide bonds. The minimum atomic E-state index is -0.327. The number of carbonyl (C=O) groups excluding carboxylic acids is 2. The van der Waals surface area contributed by atoms with Gasteiger partial charge in [-0.3, -0.25) is 19.5 Å². The highest BCUT2D eigenvalue weighted by molar-refractivity contribution is 6.30. The lowest BCUT2D eigenvalue weighted by molar-refractivity contribution is -0.137. The van der Waals surface area contributed by atoms with E-state index < -0.39 is 0 Å². The summed E-state index contributed by atoms with van der Waals surface area (Å²) in [5.74, 6) is 1.15. The van der Waals surface area contributed by atoms with Gasteiger partial charge in [-0.2, -0.15) is 0 Å². The number of ether oxygens (including phenoxy) is 3. The van der Waals surface area contributed by atoms with E-state index in [-0.39, 0.29) is 30.4 Å². The molecule has 1 N–H and O–H groups in total. The first-order valence-corrected chi connectivity index (χ1v) is 13.1. The van der Waals surface area contributed by atoms with Crippen molar-refractivity contribution in [1.82, 2.24) is 14.5 Å². The quantitative estimate of drug-likeness (QED) is 0.406. The molecule has 1 unspecified atom stereocenters. The summed E-state index contributed by atoms with van der Waals surface area (Å²) < 4.78 is 18.4. The molecule has 10 heteroatoms. The summed E-state index contributed by atoms with van der Waals surface area (Å²) >= 11 is 6.07. The topological polar surface area (TPSA) is 94.9 Å². The lowest BCUT2D eigenvalue weighted by Crippen LogP contribution is -2.43. The molecular formula is C28H31ClN4O5. The SMILES string of the molecule is COc1ccc(-n2cc(-c3ccc(Cl)cc3)nc2NC(=O)CN(CC2CCCO2)C(=O)C2CC2)cc1OC. The van der Waals surface area contributed by atoms with Crippen LogP contribution in [0.3, 0.4) is 0 Å². The van der Waals surface area contributed by atoms with Crippen LogP contribution in [-0.2, 0) is 14.3 Å². The Morgan fingerprint density at radius 2 is 1.87 bits per heavy atom. The molecule has 2 heterocycles. The van der Waals surface area contributed by atoms with E-state index in [0.29, 0.717) is 41.3 Å². The molecular weight excluding hydrogens is 508 g/mol. The first-order valence-electron chi connectivity index (χ1n) is 12.7. The van der Waals surface area contributed by atoms with Gasteiger partial charge >= 0.3 is 0 Å². The van der Waals surface area contributed by atoms with Crippen molar-refractivity contribution in [3.8, 4) is 28.4 Å². The summed E-state index contributed by atoms with van der Waals surface area (Å²) in [5.41, 5.74) is 2.21. The van der Waals surface area contributed by atoms with Gasteiger partial charge in [0.1, 0.15) is 6.54 Å². The van der Waals surface area contributed by atoms with Crippen LogP contribution in [0.1, 0.15) is 25.7 Å². The molecule has 2 aliphatic rings. The fraction of sp³-hybridized carbons (Fsp3) is 0.393. The maximum Gasteiger partial charge on any atom is 0.246 e. The van der Waals surface area contributed by atoms with Crippen molar-refractivity contribution in [3.63, 3.8) is 0 Å². The lowest BCUT2D eigenvalue weighted by atomic mass is 10.2. The number of hydrogen-bond acceptors (Lipinski definition) is 6. The molecule has 0 bridgehead atoms. The van der Waals surface area contributed by atoms with Gasteiger partial charge in [0.05, 0.1) is 31.7 Å². The molecule has 38 heavy (non-hydrogen) atoms. The third-order valence-corrected chi connectivity index (χ3v) is 7.02. The first kappa shape index (κ1) is 26.1. The van der Waals surface area contributed by atoms with E-state index >= 15 is 0 Å². The predicted octanol–water partition coefficient (Wildman–Crippen LogP) is 4.57. The minimum Gasteiger partial charge on any atom is -0.493 e. The van der Waals surface area contributed by atoms with Crippen molar-refractivity contribution in [2.24, 2.45) is 5.92 Å². The summed E-state index contributed by atoms with van der Waals surface area (Å²) in [6.45, 7) is 1.05. The number of nitrogens with zero attached hydrogens (tertiary/aromatic N) is 3. The molecule has 1 saturated carbocycles. The number of imidazole rings is 1. The average Bonchev–Trinajstić information content (AvgIpc) is 3.50. The second-order valence-corrected chi connectivity index (χ2v) is 9.98. The van der Waals surface area contributed by atoms with E-state index in [9.17, 15) is 9.59 Å². The van der Waals surface area contributed by atoms with Crippen molar-refractivity contribution in [2.45, 2.75) is 31.8 Å². The van der Waals surface area contributed by atoms with Gasteiger partial charge in [0, 0.05) is 41.9 Å². The summed E-state index contributed by atoms with van der Waals surface area (Å²) in [7, 11) is 3.14. The van der Waals surface area contributed by atoms with E-state index in [1.165, 1.54) is 0 Å². The molecule has 1 aliphatic carbocycles. The maximum atomic E-state index is 13.3. The van der Waals surface area contributed by atoms with E-state index in [0.717, 1.165) is 36.9 Å². The summed E-state index contributed by atoms with van der Waals surface area (Å²) in [6, 6.07) is 12.8. The summed E-state index contributed by atoms with van der Waals surface area (Å²) in [6.07, 6.45) is 5.41. The zero-order valence-corrected chi connectivity index (χ0v) is 22.2. The van der Waals surface area contributed by atoms with Crippen molar-refractivity contribution < 1.29 is 23.8 Å². The van der Waals surface area contributed by atoms with Gasteiger partial charge in [-0.05, 0) is 49.9 Å². The summed E-state index contributed by atoms with van der Waals surface area (Å²) in [4.78, 5) is 32.6. The van der Waals surface area contributed by atoms with Crippen LogP contribution in [0.5, 0.6) is 11.5 Å². The Bertz CT molecular complexity index is 1300. The van der Waals surface area contributed by atoms with Crippen LogP contribution in [-0.4, -0.2) is 66.3 Å². The predicted molar refractivity (Wildman–Crippen MR) is 144 cm³/mol. The summed E-state index contributed by atoms with van der Waals surface area (Å²) in [5, 5.41) is 3.55. The van der Waals surface area contributed by atoms with E-state index in [4.69, 9.17) is 30.8 Å². The van der Waals surface area contributed by atoms with E-state index in [2.05, 4.69) is 5.32 Å². The van der Waals surface area contributed by atoms with E-state index in [1.54, 1.807) is 41.9 Å². The highest BCUT2D eigenvalue weighted by atomic mass is 35.5. The van der Waals surface area contributed by atoms with Crippen LogP contribution in [0.15, 0.2) is 48.7 Å². The molecule has 2 fully saturated rings. The third-order valence-electron chi connectivity index (χ3n) is 6.76. The Kier molecular flexibility index (Phi) is 7.85. The fourth-order valence-corrected chi connectivity index (χ4v) is 4.72. The molecule has 2 aromatic carbocycles. The maximum absolute atomic E-state index is 13.3. The fourth-order valence-electron chi connectivity index (χ4n) is 4.59. The van der Waals surface area contributed by atoms with Gasteiger partial charge in [0.2, 0.25) is 17.8 Å². The van der Waals surface area contributed by atoms with E-state index in [1.807, 2.05) is 30.5 Å². The molecule has 1 aromatic heterocycles. The molecule has 0 spiro atoms. The van der Waals surface area contributed by atoms with Crippen LogP contribution in [0.25, 0.3) is 16.9 Å². The zero-order valence-electron chi connectivity index (χ0n) is 21.5. The van der Waals surface area contributed by atoms with Crippen LogP contribution in [0, 0.1) is 5.92 Å². The number of anilines is 1. The molecule has 5 rings (SSSR count). The number of benzene rings is 2. The third kappa shape index (κ3) is 5.95. The van der Waals surface area contributed by atoms with Gasteiger partial charge < -0.3 is 19.1 Å². The smallest absolute Gasteiger partial charge is 0.246 e. The Morgan fingerprint density at radius 1 is 1.11 bits per heavy atom. The second kappa shape index (κ2) is 11.4. The Hall–Kier alpha value is -3.56. The number of carbonyl (C=O) groups is 2. The molecule has 3 aromatic rings. The van der Waals surface area contributed by atoms with Gasteiger partial charge in [-0.25, -0.2) is 4.98 Å². The highest BCUT2D eigenvalue weighted by Gasteiger charge is 2.35. The second-order valence-electron chi connectivity index (χ2n) is 9.54. The van der Waals surface area contributed by atoms with Crippen molar-refractivity contribution in [1.29, 1.82) is 0 Å². The van der Waals surface area contributed by atoms with Gasteiger partial charge in [0.15, 0.2) is 11.5 Å². The van der Waals surface area contributed by atoms with Crippen molar-refractivity contribution in [3.05, 3.63) is 53.7 Å². The Morgan fingerprint density at radius 3 is 2.53 bits per heavy atom. The standard InChI is InChI=1S/C28H31ClN4O5/c1-36-24-12-11-21(14-25(24)37-2)33-16-23(18-7-9-20(29)10-8-18)30-28(33)31-26(34)17-32(27(35)19-5-6-19)15-22-4-3-13-38-22/h7-12,14,16,19,22H,3-6,13,15,17H2,1-2H3,(H,30,31,34). The highest BCUT2D eigenvalue weighted by Crippen LogP contribution is 2.33. The normalized spacial score (nSPS) is 16.8. The number of hydrogen-bond donors (Lipinski definition) is 1. The molecule has 1 atom stereocenters. The number of rotatable bonds is 10. The Balaban J connectivity index is 1.42. The number of aromatic nitrogens is 2. The van der Waals surface area contributed by atoms with Gasteiger partial charge in [0.25, 0.3) is 0 Å². The number of nitrogens with one attached hydrogen (secondary N) is 1. The number of methoxy groups -OCH3 is 2. The van der Waals surface area contributed by atoms with Crippen LogP contribution in [0.4, 0.5) is 5.95 Å². The molecule has 9 nitrogen and oxygen atoms in total. The number of amides is 2. The average molecular weight is 539 g/mol. The zero-order chi connectivity index (χ0) is 26.6. The van der Waals surface area contributed by atoms with Crippen molar-refractivity contribution >= 4 is 29.4 Å². The van der Waals surface area contributed by atoms with Crippen molar-refractivity contribution in [2.75, 3.05) is 39.2 Å². The van der Waals surface area contributed by atoms with Crippen LogP contribution < -0.4 is 14.8 Å². The lowest BCUT2D eigenvalue weighted by Gasteiger charge is -2.25. The van der Waals surface area contributed by atoms with Crippen LogP contribution >= 0.6 is 11.6 Å². The molecule has 1 aliphatic heterocycles. The largest absolute Gasteiger partial charge is 0.493 e. The minimum absolute atomic E-state index is 0.00876. The van der Waals surface area contributed by atoms with Crippen LogP contribution in [0.2, 0.25) is 5.02 Å². The monoisotopic (exact) mass is 538 g/mol. The Labute approximate surface area is 226 Å². The molecule has 1 saturated heterocycles. The molecule has 0 radical (unpaired) electrons.